The lowest BCUT2D eigenvalue weighted by molar-refractivity contribution is -0.124. The number of ether oxygens (including phenoxy) is 4. The second-order valence-corrected chi connectivity index (χ2v) is 11.8. The predicted octanol–water partition coefficient (Wildman–Crippen LogP) is 4.40. The molecule has 10 heteroatoms. The SMILES string of the molecule is Cc1cc(F)cc(C)c1OCC(=O)N[C@@H](Cc1ccccc1)C[C@H](O)[C@H](Cc1ccccc1)NC(=O)O[C@H]1COC2OCCC21. The number of hydrogen-bond acceptors (Lipinski definition) is 7. The molecule has 3 N–H and O–H groups in total. The van der Waals surface area contributed by atoms with Gasteiger partial charge in [0, 0.05) is 6.04 Å². The van der Waals surface area contributed by atoms with Crippen LogP contribution in [-0.4, -0.2) is 67.5 Å². The molecule has 45 heavy (non-hydrogen) atoms. The molecule has 0 aromatic heterocycles. The minimum absolute atomic E-state index is 0.0107. The van der Waals surface area contributed by atoms with Crippen molar-refractivity contribution >= 4 is 12.0 Å². The van der Waals surface area contributed by atoms with E-state index < -0.39 is 30.4 Å². The van der Waals surface area contributed by atoms with Gasteiger partial charge in [-0.1, -0.05) is 60.7 Å². The lowest BCUT2D eigenvalue weighted by Crippen LogP contribution is -2.50. The first-order valence-corrected chi connectivity index (χ1v) is 15.4. The van der Waals surface area contributed by atoms with Gasteiger partial charge in [-0.15, -0.1) is 0 Å². The van der Waals surface area contributed by atoms with Crippen molar-refractivity contribution in [2.75, 3.05) is 19.8 Å². The van der Waals surface area contributed by atoms with E-state index in [9.17, 15) is 19.1 Å². The molecule has 2 amide bonds. The van der Waals surface area contributed by atoms with E-state index in [2.05, 4.69) is 10.6 Å². The smallest absolute Gasteiger partial charge is 0.407 e. The second kappa shape index (κ2) is 15.3. The topological polar surface area (TPSA) is 115 Å². The third-order valence-electron chi connectivity index (χ3n) is 8.30. The standard InChI is InChI=1S/C35H41FN2O7/c1-22-15-26(36)16-23(2)33(22)43-21-32(40)37-27(17-24-9-5-3-6-10-24)19-30(39)29(18-25-11-7-4-8-12-25)38-35(41)45-31-20-44-34-28(31)13-14-42-34/h3-12,15-16,27-31,34,39H,13-14,17-21H2,1-2H3,(H,37,40)(H,38,41)/t27-,28?,29-,30-,31-,34?/m0/s1. The summed E-state index contributed by atoms with van der Waals surface area (Å²) in [4.78, 5) is 26.2. The highest BCUT2D eigenvalue weighted by Crippen LogP contribution is 2.33. The molecule has 2 saturated heterocycles. The van der Waals surface area contributed by atoms with Crippen molar-refractivity contribution in [2.45, 2.75) is 70.1 Å². The Morgan fingerprint density at radius 2 is 1.60 bits per heavy atom. The summed E-state index contributed by atoms with van der Waals surface area (Å²) < 4.78 is 36.4. The van der Waals surface area contributed by atoms with Crippen molar-refractivity contribution < 1.29 is 38.0 Å². The Labute approximate surface area is 263 Å². The lowest BCUT2D eigenvalue weighted by Gasteiger charge is -2.29. The normalized spacial score (nSPS) is 20.9. The number of amides is 2. The number of aliphatic hydroxyl groups excluding tert-OH is 1. The molecule has 9 nitrogen and oxygen atoms in total. The number of alkyl carbamates (subject to hydrolysis) is 1. The molecule has 3 aromatic carbocycles. The Hall–Kier alpha value is -3.99. The molecule has 2 aliphatic rings. The summed E-state index contributed by atoms with van der Waals surface area (Å²) >= 11 is 0. The third-order valence-corrected chi connectivity index (χ3v) is 8.30. The average Bonchev–Trinajstić information content (AvgIpc) is 3.62. The minimum Gasteiger partial charge on any atom is -0.483 e. The first-order chi connectivity index (χ1) is 21.7. The van der Waals surface area contributed by atoms with E-state index in [1.165, 1.54) is 12.1 Å². The van der Waals surface area contributed by atoms with Crippen LogP contribution in [0.25, 0.3) is 0 Å². The summed E-state index contributed by atoms with van der Waals surface area (Å²) in [6.07, 6.45) is -0.743. The van der Waals surface area contributed by atoms with E-state index in [1.54, 1.807) is 13.8 Å². The average molecular weight is 621 g/mol. The Morgan fingerprint density at radius 3 is 2.27 bits per heavy atom. The van der Waals surface area contributed by atoms with Crippen molar-refractivity contribution in [3.05, 3.63) is 101 Å². The number of rotatable bonds is 13. The summed E-state index contributed by atoms with van der Waals surface area (Å²) in [7, 11) is 0. The number of fused-ring (bicyclic) bond motifs is 1. The molecule has 0 saturated carbocycles. The van der Waals surface area contributed by atoms with Crippen molar-refractivity contribution in [1.29, 1.82) is 0 Å². The van der Waals surface area contributed by atoms with Crippen LogP contribution in [0.5, 0.6) is 5.75 Å². The molecule has 2 unspecified atom stereocenters. The molecule has 6 atom stereocenters. The van der Waals surface area contributed by atoms with Crippen LogP contribution >= 0.6 is 0 Å². The molecular formula is C35H41FN2O7. The monoisotopic (exact) mass is 620 g/mol. The number of aliphatic hydroxyl groups is 1. The van der Waals surface area contributed by atoms with E-state index in [0.717, 1.165) is 17.5 Å². The maximum Gasteiger partial charge on any atom is 0.407 e. The molecule has 0 bridgehead atoms. The number of hydrogen-bond donors (Lipinski definition) is 3. The van der Waals surface area contributed by atoms with E-state index >= 15 is 0 Å². The van der Waals surface area contributed by atoms with Gasteiger partial charge in [-0.25, -0.2) is 9.18 Å². The number of carbonyl (C=O) groups is 2. The van der Waals surface area contributed by atoms with Crippen molar-refractivity contribution in [3.8, 4) is 5.75 Å². The van der Waals surface area contributed by atoms with Crippen molar-refractivity contribution in [3.63, 3.8) is 0 Å². The molecule has 0 aliphatic carbocycles. The first kappa shape index (κ1) is 32.4. The Morgan fingerprint density at radius 1 is 0.956 bits per heavy atom. The van der Waals surface area contributed by atoms with Gasteiger partial charge in [0.25, 0.3) is 5.91 Å². The summed E-state index contributed by atoms with van der Waals surface area (Å²) in [5.74, 6) is -0.300. The van der Waals surface area contributed by atoms with Crippen LogP contribution in [0.3, 0.4) is 0 Å². The minimum atomic E-state index is -1.03. The van der Waals surface area contributed by atoms with Crippen molar-refractivity contribution in [2.24, 2.45) is 5.92 Å². The predicted molar refractivity (Wildman–Crippen MR) is 165 cm³/mol. The highest BCUT2D eigenvalue weighted by atomic mass is 19.1. The van der Waals surface area contributed by atoms with Crippen LogP contribution in [0.15, 0.2) is 72.8 Å². The fourth-order valence-electron chi connectivity index (χ4n) is 6.10. The van der Waals surface area contributed by atoms with Gasteiger partial charge >= 0.3 is 6.09 Å². The molecule has 2 aliphatic heterocycles. The zero-order valence-corrected chi connectivity index (χ0v) is 25.6. The van der Waals surface area contributed by atoms with Gasteiger partial charge in [-0.2, -0.15) is 0 Å². The summed E-state index contributed by atoms with van der Waals surface area (Å²) in [5.41, 5.74) is 3.09. The van der Waals surface area contributed by atoms with E-state index in [1.807, 2.05) is 60.7 Å². The number of nitrogens with one attached hydrogen (secondary N) is 2. The highest BCUT2D eigenvalue weighted by Gasteiger charge is 2.44. The van der Waals surface area contributed by atoms with Crippen LogP contribution < -0.4 is 15.4 Å². The van der Waals surface area contributed by atoms with Crippen molar-refractivity contribution in [1.82, 2.24) is 10.6 Å². The number of halogens is 1. The number of carbonyl (C=O) groups excluding carboxylic acids is 2. The van der Waals surface area contributed by atoms with Gasteiger partial charge in [0.1, 0.15) is 17.7 Å². The summed E-state index contributed by atoms with van der Waals surface area (Å²) in [6, 6.07) is 20.7. The van der Waals surface area contributed by atoms with Gasteiger partial charge in [0.15, 0.2) is 12.9 Å². The third kappa shape index (κ3) is 9.03. The Bertz CT molecular complexity index is 1400. The number of aryl methyl sites for hydroxylation is 2. The maximum absolute atomic E-state index is 13.7. The molecule has 240 valence electrons. The van der Waals surface area contributed by atoms with Crippen LogP contribution in [0, 0.1) is 25.6 Å². The van der Waals surface area contributed by atoms with Crippen LogP contribution in [-0.2, 0) is 31.8 Å². The quantitative estimate of drug-likeness (QED) is 0.260. The molecule has 5 rings (SSSR count). The molecule has 2 heterocycles. The fourth-order valence-corrected chi connectivity index (χ4v) is 6.10. The van der Waals surface area contributed by atoms with Gasteiger partial charge < -0.3 is 34.7 Å². The zero-order valence-electron chi connectivity index (χ0n) is 25.6. The van der Waals surface area contributed by atoms with Crippen LogP contribution in [0.2, 0.25) is 0 Å². The molecule has 2 fully saturated rings. The van der Waals surface area contributed by atoms with Gasteiger partial charge in [0.05, 0.1) is 31.3 Å². The second-order valence-electron chi connectivity index (χ2n) is 11.8. The molecule has 0 radical (unpaired) electrons. The summed E-state index contributed by atoms with van der Waals surface area (Å²) in [5, 5.41) is 17.4. The zero-order chi connectivity index (χ0) is 31.8. The lowest BCUT2D eigenvalue weighted by atomic mass is 9.93. The summed E-state index contributed by atoms with van der Waals surface area (Å²) in [6.45, 7) is 4.00. The fraction of sp³-hybridized carbons (Fsp3) is 0.429. The molecule has 3 aromatic rings. The van der Waals surface area contributed by atoms with Gasteiger partial charge in [0.2, 0.25) is 0 Å². The van der Waals surface area contributed by atoms with E-state index in [0.29, 0.717) is 36.3 Å². The van der Waals surface area contributed by atoms with E-state index in [-0.39, 0.29) is 43.6 Å². The Kier molecular flexibility index (Phi) is 11.0. The highest BCUT2D eigenvalue weighted by molar-refractivity contribution is 5.78. The maximum atomic E-state index is 13.7. The van der Waals surface area contributed by atoms with E-state index in [4.69, 9.17) is 18.9 Å². The van der Waals surface area contributed by atoms with Gasteiger partial charge in [-0.3, -0.25) is 4.79 Å². The molecule has 0 spiro atoms. The largest absolute Gasteiger partial charge is 0.483 e. The van der Waals surface area contributed by atoms with Gasteiger partial charge in [-0.05, 0) is 73.9 Å². The van der Waals surface area contributed by atoms with Crippen LogP contribution in [0.1, 0.15) is 35.1 Å². The first-order valence-electron chi connectivity index (χ1n) is 15.4. The Balaban J connectivity index is 1.26. The number of benzene rings is 3. The molecular weight excluding hydrogens is 579 g/mol. The van der Waals surface area contributed by atoms with Crippen LogP contribution in [0.4, 0.5) is 9.18 Å².